The average molecular weight is 557 g/mol. The van der Waals surface area contributed by atoms with E-state index in [0.29, 0.717) is 49.9 Å². The molecule has 0 atom stereocenters. The lowest BCUT2D eigenvalue weighted by atomic mass is 9.98. The highest BCUT2D eigenvalue weighted by atomic mass is 35.5. The lowest BCUT2D eigenvalue weighted by Crippen LogP contribution is -2.35. The molecular formula is C31H29ClN4O4. The highest BCUT2D eigenvalue weighted by molar-refractivity contribution is 6.30. The molecule has 0 aliphatic heterocycles. The number of ether oxygens (including phenoxy) is 1. The minimum absolute atomic E-state index is 0.142. The Bertz CT molecular complexity index is 1790. The number of nitrogens with zero attached hydrogens (tertiary/aromatic N) is 4. The molecule has 2 aromatic heterocycles. The van der Waals surface area contributed by atoms with Crippen LogP contribution in [-0.2, 0) is 11.3 Å². The molecule has 1 aliphatic rings. The number of hydrogen-bond donors (Lipinski definition) is 0. The number of fused-ring (bicyclic) bond motifs is 2. The molecule has 0 bridgehead atoms. The van der Waals surface area contributed by atoms with Gasteiger partial charge in [-0.05, 0) is 68.1 Å². The highest BCUT2D eigenvalue weighted by Crippen LogP contribution is 2.31. The molecular weight excluding hydrogens is 528 g/mol. The molecule has 0 saturated heterocycles. The standard InChI is InChI=1S/C31H29ClN4O4/c1-19-33-27-14-11-22(16-28(27)39-19)35(2)29(37)18-36-31(38)26-17-24(40-23-9-4-3-5-10-23)12-13-25(26)30(34-36)20-7-6-8-21(32)15-20/h6-8,11-17,23H,3-5,9-10,18H2,1-2H3. The number of oxazole rings is 1. The summed E-state index contributed by atoms with van der Waals surface area (Å²) in [6, 6.07) is 18.2. The van der Waals surface area contributed by atoms with E-state index in [-0.39, 0.29) is 24.1 Å². The number of amides is 1. The van der Waals surface area contributed by atoms with Crippen LogP contribution < -0.4 is 15.2 Å². The van der Waals surface area contributed by atoms with Crippen LogP contribution in [0.2, 0.25) is 5.02 Å². The van der Waals surface area contributed by atoms with E-state index in [1.165, 1.54) is 16.0 Å². The zero-order chi connectivity index (χ0) is 27.8. The molecule has 1 fully saturated rings. The first-order valence-electron chi connectivity index (χ1n) is 13.5. The van der Waals surface area contributed by atoms with Crippen LogP contribution in [0.1, 0.15) is 38.0 Å². The predicted octanol–water partition coefficient (Wildman–Crippen LogP) is 6.54. The summed E-state index contributed by atoms with van der Waals surface area (Å²) in [5.41, 5.74) is 2.88. The van der Waals surface area contributed by atoms with E-state index >= 15 is 0 Å². The molecule has 1 aliphatic carbocycles. The topological polar surface area (TPSA) is 90.5 Å². The molecule has 3 aromatic carbocycles. The number of benzene rings is 3. The quantitative estimate of drug-likeness (QED) is 0.236. The largest absolute Gasteiger partial charge is 0.490 e. The molecule has 8 nitrogen and oxygen atoms in total. The Kier molecular flexibility index (Phi) is 7.02. The van der Waals surface area contributed by atoms with Crippen LogP contribution in [0.3, 0.4) is 0 Å². The molecule has 5 aromatic rings. The van der Waals surface area contributed by atoms with E-state index in [2.05, 4.69) is 10.1 Å². The maximum Gasteiger partial charge on any atom is 0.275 e. The van der Waals surface area contributed by atoms with Crippen molar-refractivity contribution in [1.29, 1.82) is 0 Å². The third-order valence-electron chi connectivity index (χ3n) is 7.41. The molecule has 6 rings (SSSR count). The number of aryl methyl sites for hydroxylation is 1. The molecule has 1 saturated carbocycles. The number of halogens is 1. The van der Waals surface area contributed by atoms with Gasteiger partial charge in [0, 0.05) is 41.7 Å². The minimum Gasteiger partial charge on any atom is -0.490 e. The Morgan fingerprint density at radius 1 is 1.07 bits per heavy atom. The number of carbonyl (C=O) groups excluding carboxylic acids is 1. The number of likely N-dealkylation sites (N-methyl/N-ethyl adjacent to an activating group) is 1. The van der Waals surface area contributed by atoms with E-state index in [9.17, 15) is 9.59 Å². The van der Waals surface area contributed by atoms with Crippen molar-refractivity contribution < 1.29 is 13.9 Å². The molecule has 1 amide bonds. The SMILES string of the molecule is Cc1nc2ccc(N(C)C(=O)Cn3nc(-c4cccc(Cl)c4)c4ccc(OC5CCCCC5)cc4c3=O)cc2o1. The van der Waals surface area contributed by atoms with Crippen LogP contribution in [0.4, 0.5) is 5.69 Å². The van der Waals surface area contributed by atoms with Gasteiger partial charge in [0.15, 0.2) is 11.5 Å². The van der Waals surface area contributed by atoms with Gasteiger partial charge in [0.05, 0.1) is 17.2 Å². The van der Waals surface area contributed by atoms with Gasteiger partial charge in [-0.2, -0.15) is 5.10 Å². The summed E-state index contributed by atoms with van der Waals surface area (Å²) in [6.07, 6.45) is 5.67. The van der Waals surface area contributed by atoms with E-state index in [1.54, 1.807) is 50.4 Å². The second-order valence-corrected chi connectivity index (χ2v) is 10.7. The molecule has 40 heavy (non-hydrogen) atoms. The molecule has 0 spiro atoms. The molecule has 0 N–H and O–H groups in total. The van der Waals surface area contributed by atoms with E-state index in [4.69, 9.17) is 20.8 Å². The molecule has 0 unspecified atom stereocenters. The third-order valence-corrected chi connectivity index (χ3v) is 7.65. The Hall–Kier alpha value is -4.17. The van der Waals surface area contributed by atoms with Crippen LogP contribution in [-0.4, -0.2) is 33.8 Å². The van der Waals surface area contributed by atoms with Gasteiger partial charge in [0.1, 0.15) is 17.8 Å². The summed E-state index contributed by atoms with van der Waals surface area (Å²) in [5, 5.41) is 6.32. The van der Waals surface area contributed by atoms with E-state index in [1.807, 2.05) is 24.3 Å². The van der Waals surface area contributed by atoms with Crippen molar-refractivity contribution in [1.82, 2.24) is 14.8 Å². The van der Waals surface area contributed by atoms with Crippen molar-refractivity contribution in [3.8, 4) is 17.0 Å². The normalized spacial score (nSPS) is 14.1. The summed E-state index contributed by atoms with van der Waals surface area (Å²) < 4.78 is 13.1. The van der Waals surface area contributed by atoms with Gasteiger partial charge >= 0.3 is 0 Å². The van der Waals surface area contributed by atoms with Crippen molar-refractivity contribution in [3.05, 3.63) is 81.9 Å². The second kappa shape index (κ2) is 10.8. The number of hydrogen-bond acceptors (Lipinski definition) is 6. The number of carbonyl (C=O) groups is 1. The lowest BCUT2D eigenvalue weighted by Gasteiger charge is -2.23. The zero-order valence-corrected chi connectivity index (χ0v) is 23.1. The summed E-state index contributed by atoms with van der Waals surface area (Å²) >= 11 is 6.30. The zero-order valence-electron chi connectivity index (χ0n) is 22.4. The van der Waals surface area contributed by atoms with Crippen LogP contribution in [0.15, 0.2) is 69.9 Å². The Morgan fingerprint density at radius 3 is 2.70 bits per heavy atom. The fraction of sp³-hybridized carbons (Fsp3) is 0.290. The van der Waals surface area contributed by atoms with Crippen molar-refractivity contribution >= 4 is 45.1 Å². The number of aromatic nitrogens is 3. The Labute approximate surface area is 236 Å². The van der Waals surface area contributed by atoms with E-state index in [0.717, 1.165) is 31.2 Å². The fourth-order valence-electron chi connectivity index (χ4n) is 5.29. The average Bonchev–Trinajstić information content (AvgIpc) is 3.34. The molecule has 0 radical (unpaired) electrons. The van der Waals surface area contributed by atoms with Crippen molar-refractivity contribution in [3.63, 3.8) is 0 Å². The monoisotopic (exact) mass is 556 g/mol. The molecule has 9 heteroatoms. The van der Waals surface area contributed by atoms with Gasteiger partial charge in [0.2, 0.25) is 5.91 Å². The van der Waals surface area contributed by atoms with Gasteiger partial charge in [-0.1, -0.05) is 30.2 Å². The smallest absolute Gasteiger partial charge is 0.275 e. The van der Waals surface area contributed by atoms with Crippen molar-refractivity contribution in [2.75, 3.05) is 11.9 Å². The first-order chi connectivity index (χ1) is 19.4. The maximum atomic E-state index is 13.7. The first kappa shape index (κ1) is 26.1. The van der Waals surface area contributed by atoms with Crippen LogP contribution >= 0.6 is 11.6 Å². The predicted molar refractivity (Wildman–Crippen MR) is 156 cm³/mol. The van der Waals surface area contributed by atoms with Gasteiger partial charge in [-0.15, -0.1) is 0 Å². The fourth-order valence-corrected chi connectivity index (χ4v) is 5.48. The van der Waals surface area contributed by atoms with Gasteiger partial charge in [-0.3, -0.25) is 9.59 Å². The third kappa shape index (κ3) is 5.19. The first-order valence-corrected chi connectivity index (χ1v) is 13.8. The van der Waals surface area contributed by atoms with Crippen molar-refractivity contribution in [2.45, 2.75) is 51.7 Å². The highest BCUT2D eigenvalue weighted by Gasteiger charge is 2.20. The van der Waals surface area contributed by atoms with Gasteiger partial charge in [0.25, 0.3) is 5.56 Å². The molecule has 2 heterocycles. The van der Waals surface area contributed by atoms with Crippen LogP contribution in [0.5, 0.6) is 5.75 Å². The number of anilines is 1. The summed E-state index contributed by atoms with van der Waals surface area (Å²) in [5.74, 6) is 0.884. The lowest BCUT2D eigenvalue weighted by molar-refractivity contribution is -0.119. The number of rotatable bonds is 6. The summed E-state index contributed by atoms with van der Waals surface area (Å²) in [6.45, 7) is 1.52. The van der Waals surface area contributed by atoms with Crippen molar-refractivity contribution in [2.24, 2.45) is 0 Å². The minimum atomic E-state index is -0.363. The maximum absolute atomic E-state index is 13.7. The Balaban J connectivity index is 1.38. The van der Waals surface area contributed by atoms with Gasteiger partial charge < -0.3 is 14.1 Å². The Morgan fingerprint density at radius 2 is 1.90 bits per heavy atom. The summed E-state index contributed by atoms with van der Waals surface area (Å²) in [4.78, 5) is 32.9. The summed E-state index contributed by atoms with van der Waals surface area (Å²) in [7, 11) is 1.66. The van der Waals surface area contributed by atoms with Gasteiger partial charge in [-0.25, -0.2) is 9.67 Å². The van der Waals surface area contributed by atoms with Crippen LogP contribution in [0.25, 0.3) is 33.1 Å². The molecule has 204 valence electrons. The second-order valence-electron chi connectivity index (χ2n) is 10.2. The van der Waals surface area contributed by atoms with E-state index < -0.39 is 0 Å². The van der Waals surface area contributed by atoms with Crippen LogP contribution in [0, 0.1) is 6.92 Å².